The first-order chi connectivity index (χ1) is 6.45. The topological polar surface area (TPSA) is 42.1 Å². The van der Waals surface area contributed by atoms with Crippen LogP contribution in [0, 0.1) is 0 Å². The van der Waals surface area contributed by atoms with E-state index in [4.69, 9.17) is 0 Å². The fourth-order valence-electron chi connectivity index (χ4n) is 0.971. The van der Waals surface area contributed by atoms with Crippen LogP contribution in [0.4, 0.5) is 13.2 Å². The van der Waals surface area contributed by atoms with E-state index in [-0.39, 0.29) is 12.0 Å². The molecule has 1 aromatic rings. The monoisotopic (exact) mass is 207 g/mol. The van der Waals surface area contributed by atoms with Crippen LogP contribution < -0.4 is 0 Å². The molecule has 14 heavy (non-hydrogen) atoms. The number of hydrogen-bond acceptors (Lipinski definition) is 2. The van der Waals surface area contributed by atoms with E-state index in [2.05, 4.69) is 9.72 Å². The second-order valence-electron chi connectivity index (χ2n) is 2.72. The summed E-state index contributed by atoms with van der Waals surface area (Å²) in [6.45, 7) is 1.68. The van der Waals surface area contributed by atoms with Crippen molar-refractivity contribution in [3.05, 3.63) is 23.5 Å². The molecule has 0 aliphatic carbocycles. The zero-order valence-corrected chi connectivity index (χ0v) is 7.26. The zero-order valence-electron chi connectivity index (χ0n) is 7.26. The van der Waals surface area contributed by atoms with Gasteiger partial charge in [0.25, 0.3) is 6.47 Å². The molecular weight excluding hydrogens is 199 g/mol. The summed E-state index contributed by atoms with van der Waals surface area (Å²) in [6, 6.07) is 0.911. The molecule has 0 aromatic carbocycles. The van der Waals surface area contributed by atoms with Crippen molar-refractivity contribution < 1.29 is 22.7 Å². The molecule has 1 aromatic heterocycles. The Morgan fingerprint density at radius 3 is 2.64 bits per heavy atom. The number of nitrogens with one attached hydrogen (secondary N) is 1. The number of alkyl halides is 3. The maximum atomic E-state index is 12.1. The molecule has 3 nitrogen and oxygen atoms in total. The molecule has 1 rings (SSSR count). The molecule has 0 amide bonds. The summed E-state index contributed by atoms with van der Waals surface area (Å²) in [5, 5.41) is 0. The molecule has 78 valence electrons. The molecule has 0 fully saturated rings. The van der Waals surface area contributed by atoms with E-state index in [0.717, 1.165) is 12.3 Å². The normalized spacial score (nSPS) is 13.7. The van der Waals surface area contributed by atoms with E-state index in [0.29, 0.717) is 0 Å². The Morgan fingerprint density at radius 2 is 2.21 bits per heavy atom. The number of halogens is 3. The van der Waals surface area contributed by atoms with E-state index in [1.54, 1.807) is 0 Å². The first kappa shape index (κ1) is 10.6. The van der Waals surface area contributed by atoms with E-state index < -0.39 is 18.0 Å². The highest BCUT2D eigenvalue weighted by Crippen LogP contribution is 2.30. The molecule has 1 heterocycles. The molecule has 0 radical (unpaired) electrons. The standard InChI is InChI=1S/C8H8F3NO2/c1-5(14-4-13)6-2-7(12-3-6)8(9,10)11/h2-5,12H,1H3. The molecule has 0 aliphatic rings. The molecule has 1 N–H and O–H groups in total. The highest BCUT2D eigenvalue weighted by atomic mass is 19.4. The maximum Gasteiger partial charge on any atom is 0.431 e. The number of aromatic amines is 1. The van der Waals surface area contributed by atoms with Gasteiger partial charge in [-0.25, -0.2) is 0 Å². The van der Waals surface area contributed by atoms with E-state index in [1.807, 2.05) is 0 Å². The number of hydrogen-bond donors (Lipinski definition) is 1. The second-order valence-corrected chi connectivity index (χ2v) is 2.72. The SMILES string of the molecule is CC(OC=O)c1c[nH]c(C(F)(F)F)c1. The molecule has 1 atom stereocenters. The van der Waals surface area contributed by atoms with Gasteiger partial charge in [0.15, 0.2) is 0 Å². The molecule has 0 saturated carbocycles. The molecule has 1 unspecified atom stereocenters. The van der Waals surface area contributed by atoms with Gasteiger partial charge in [-0.1, -0.05) is 0 Å². The Labute approximate surface area is 77.9 Å². The lowest BCUT2D eigenvalue weighted by atomic mass is 10.2. The molecule has 0 bridgehead atoms. The molecule has 0 spiro atoms. The summed E-state index contributed by atoms with van der Waals surface area (Å²) in [6.07, 6.45) is -3.92. The number of rotatable bonds is 3. The van der Waals surface area contributed by atoms with Gasteiger partial charge < -0.3 is 9.72 Å². The smallest absolute Gasteiger partial charge is 0.431 e. The molecule has 0 aliphatic heterocycles. The van der Waals surface area contributed by atoms with Crippen LogP contribution in [0.2, 0.25) is 0 Å². The van der Waals surface area contributed by atoms with Crippen molar-refractivity contribution in [2.24, 2.45) is 0 Å². The number of ether oxygens (including phenoxy) is 1. The highest BCUT2D eigenvalue weighted by molar-refractivity contribution is 5.38. The fourth-order valence-corrected chi connectivity index (χ4v) is 0.971. The Kier molecular flexibility index (Phi) is 2.83. The molecule has 6 heteroatoms. The number of H-pyrrole nitrogens is 1. The van der Waals surface area contributed by atoms with Gasteiger partial charge in [0.1, 0.15) is 11.8 Å². The lowest BCUT2D eigenvalue weighted by Gasteiger charge is -2.05. The van der Waals surface area contributed by atoms with Crippen molar-refractivity contribution in [1.82, 2.24) is 4.98 Å². The Balaban J connectivity index is 2.82. The summed E-state index contributed by atoms with van der Waals surface area (Å²) in [7, 11) is 0. The van der Waals surface area contributed by atoms with Gasteiger partial charge in [0, 0.05) is 11.8 Å². The quantitative estimate of drug-likeness (QED) is 0.772. The summed E-state index contributed by atoms with van der Waals surface area (Å²) >= 11 is 0. The van der Waals surface area contributed by atoms with Gasteiger partial charge in [0.05, 0.1) is 0 Å². The molecule has 0 saturated heterocycles. The fraction of sp³-hybridized carbons (Fsp3) is 0.375. The van der Waals surface area contributed by atoms with Crippen LogP contribution in [0.5, 0.6) is 0 Å². The largest absolute Gasteiger partial charge is 0.460 e. The van der Waals surface area contributed by atoms with Crippen LogP contribution in [-0.2, 0) is 15.7 Å². The van der Waals surface area contributed by atoms with Gasteiger partial charge in [-0.2, -0.15) is 13.2 Å². The third kappa shape index (κ3) is 2.27. The minimum absolute atomic E-state index is 0.199. The van der Waals surface area contributed by atoms with Crippen LogP contribution >= 0.6 is 0 Å². The zero-order chi connectivity index (χ0) is 10.8. The van der Waals surface area contributed by atoms with Gasteiger partial charge >= 0.3 is 6.18 Å². The lowest BCUT2D eigenvalue weighted by Crippen LogP contribution is -2.04. The lowest BCUT2D eigenvalue weighted by molar-refractivity contribution is -0.140. The summed E-state index contributed by atoms with van der Waals surface area (Å²) in [5.41, 5.74) is -0.571. The van der Waals surface area contributed by atoms with Crippen LogP contribution in [-0.4, -0.2) is 11.5 Å². The van der Waals surface area contributed by atoms with Crippen LogP contribution in [0.3, 0.4) is 0 Å². The Bertz CT molecular complexity index is 319. The average molecular weight is 207 g/mol. The van der Waals surface area contributed by atoms with Crippen LogP contribution in [0.1, 0.15) is 24.3 Å². The number of carbonyl (C=O) groups excluding carboxylic acids is 1. The number of carbonyl (C=O) groups is 1. The van der Waals surface area contributed by atoms with Crippen molar-refractivity contribution in [3.63, 3.8) is 0 Å². The predicted molar refractivity (Wildman–Crippen MR) is 41.4 cm³/mol. The van der Waals surface area contributed by atoms with Crippen molar-refractivity contribution in [2.75, 3.05) is 0 Å². The predicted octanol–water partition coefficient (Wildman–Crippen LogP) is 2.27. The van der Waals surface area contributed by atoms with E-state index in [1.165, 1.54) is 6.92 Å². The highest BCUT2D eigenvalue weighted by Gasteiger charge is 2.32. The van der Waals surface area contributed by atoms with E-state index >= 15 is 0 Å². The van der Waals surface area contributed by atoms with Crippen LogP contribution in [0.25, 0.3) is 0 Å². The molecular formula is C8H8F3NO2. The van der Waals surface area contributed by atoms with Gasteiger partial charge in [0.2, 0.25) is 0 Å². The Morgan fingerprint density at radius 1 is 1.57 bits per heavy atom. The maximum absolute atomic E-state index is 12.1. The van der Waals surface area contributed by atoms with Crippen molar-refractivity contribution in [3.8, 4) is 0 Å². The number of aromatic nitrogens is 1. The summed E-state index contributed by atoms with van der Waals surface area (Å²) < 4.78 is 40.8. The van der Waals surface area contributed by atoms with Crippen molar-refractivity contribution >= 4 is 6.47 Å². The van der Waals surface area contributed by atoms with Gasteiger partial charge in [-0.15, -0.1) is 0 Å². The third-order valence-corrected chi connectivity index (χ3v) is 1.74. The summed E-state index contributed by atoms with van der Waals surface area (Å²) in [4.78, 5) is 12.0. The van der Waals surface area contributed by atoms with Crippen molar-refractivity contribution in [1.29, 1.82) is 0 Å². The third-order valence-electron chi connectivity index (χ3n) is 1.74. The minimum Gasteiger partial charge on any atom is -0.460 e. The Hall–Kier alpha value is -1.46. The second kappa shape index (κ2) is 3.73. The first-order valence-electron chi connectivity index (χ1n) is 3.79. The van der Waals surface area contributed by atoms with E-state index in [9.17, 15) is 18.0 Å². The van der Waals surface area contributed by atoms with Crippen LogP contribution in [0.15, 0.2) is 12.3 Å². The summed E-state index contributed by atoms with van der Waals surface area (Å²) in [5.74, 6) is 0. The first-order valence-corrected chi connectivity index (χ1v) is 3.79. The van der Waals surface area contributed by atoms with Gasteiger partial charge in [-0.3, -0.25) is 4.79 Å². The van der Waals surface area contributed by atoms with Gasteiger partial charge in [-0.05, 0) is 13.0 Å². The minimum atomic E-state index is -4.40. The van der Waals surface area contributed by atoms with Crippen molar-refractivity contribution in [2.45, 2.75) is 19.2 Å². The average Bonchev–Trinajstić information content (AvgIpc) is 2.51.